The van der Waals surface area contributed by atoms with E-state index in [-0.39, 0.29) is 29.5 Å². The first kappa shape index (κ1) is 24.8. The molecule has 2 heterocycles. The molecule has 34 heavy (non-hydrogen) atoms. The first-order valence-corrected chi connectivity index (χ1v) is 12.5. The number of carbonyl (C=O) groups excluding carboxylic acids is 3. The molecule has 1 aromatic carbocycles. The van der Waals surface area contributed by atoms with Gasteiger partial charge >= 0.3 is 12.0 Å². The second-order valence-corrected chi connectivity index (χ2v) is 9.68. The van der Waals surface area contributed by atoms with Gasteiger partial charge in [0.1, 0.15) is 0 Å². The molecule has 0 bridgehead atoms. The topological polar surface area (TPSA) is 82.2 Å². The van der Waals surface area contributed by atoms with Gasteiger partial charge in [-0.15, -0.1) is 0 Å². The molecule has 0 spiro atoms. The summed E-state index contributed by atoms with van der Waals surface area (Å²) in [5, 5.41) is 3.49. The molecule has 10 heteroatoms. The number of carbonyl (C=O) groups is 3. The highest BCUT2D eigenvalue weighted by atomic mass is 35.5. The fraction of sp³-hybridized carbons (Fsp3) is 0.542. The van der Waals surface area contributed by atoms with Crippen molar-refractivity contribution in [3.63, 3.8) is 0 Å². The zero-order chi connectivity index (χ0) is 24.4. The Bertz CT molecular complexity index is 1000. The number of amides is 3. The number of nitrogens with zero attached hydrogens (tertiary/aromatic N) is 3. The Hall–Kier alpha value is -2.29. The minimum atomic E-state index is -0.787. The van der Waals surface area contributed by atoms with Gasteiger partial charge in [-0.25, -0.2) is 9.59 Å². The van der Waals surface area contributed by atoms with Crippen molar-refractivity contribution < 1.29 is 19.1 Å². The lowest BCUT2D eigenvalue weighted by Crippen LogP contribution is -2.54. The Labute approximate surface area is 209 Å². The number of likely N-dealkylation sites (N-methyl/N-ethyl adjacent to an activating group) is 1. The van der Waals surface area contributed by atoms with Gasteiger partial charge in [0, 0.05) is 51.4 Å². The molecular weight excluding hydrogens is 479 g/mol. The molecule has 1 N–H and O–H groups in total. The van der Waals surface area contributed by atoms with Crippen LogP contribution < -0.4 is 5.32 Å². The second kappa shape index (κ2) is 10.5. The van der Waals surface area contributed by atoms with Gasteiger partial charge in [0.2, 0.25) is 5.91 Å². The highest BCUT2D eigenvalue weighted by molar-refractivity contribution is 6.42. The van der Waals surface area contributed by atoms with Crippen LogP contribution in [0.4, 0.5) is 4.79 Å². The fourth-order valence-corrected chi connectivity index (χ4v) is 5.04. The molecule has 1 atom stereocenters. The summed E-state index contributed by atoms with van der Waals surface area (Å²) in [5.74, 6) is -0.0765. The minimum Gasteiger partial charge on any atom is -0.463 e. The van der Waals surface area contributed by atoms with E-state index in [1.54, 1.807) is 32.2 Å². The summed E-state index contributed by atoms with van der Waals surface area (Å²) in [6, 6.07) is 4.00. The van der Waals surface area contributed by atoms with E-state index in [0.29, 0.717) is 54.6 Å². The molecule has 2 aliphatic heterocycles. The fourth-order valence-electron chi connectivity index (χ4n) is 4.63. The molecule has 184 valence electrons. The van der Waals surface area contributed by atoms with Crippen LogP contribution in [0.1, 0.15) is 37.8 Å². The standard InChI is InChI=1S/C24H30Cl2N4O4/c1-3-34-23(32)19-18(14-29-10-12-30(13-11-29)22(31)15-6-4-7-15)28(2)24(33)27-21(19)16-8-5-9-17(25)20(16)26/h5,8-9,15,21H,3-4,6-7,10-14H2,1-2H3,(H,27,33)/t21-/m1/s1. The number of piperazine rings is 1. The minimum absolute atomic E-state index is 0.182. The largest absolute Gasteiger partial charge is 0.463 e. The van der Waals surface area contributed by atoms with Gasteiger partial charge in [-0.3, -0.25) is 14.6 Å². The summed E-state index contributed by atoms with van der Waals surface area (Å²) < 4.78 is 5.38. The third-order valence-corrected chi connectivity index (χ3v) is 7.71. The van der Waals surface area contributed by atoms with Crippen molar-refractivity contribution in [1.29, 1.82) is 0 Å². The van der Waals surface area contributed by atoms with Gasteiger partial charge in [0.15, 0.2) is 0 Å². The molecule has 1 saturated heterocycles. The summed E-state index contributed by atoms with van der Waals surface area (Å²) in [5.41, 5.74) is 1.43. The molecule has 3 aliphatic rings. The van der Waals surface area contributed by atoms with Crippen molar-refractivity contribution in [1.82, 2.24) is 20.0 Å². The van der Waals surface area contributed by atoms with Crippen LogP contribution >= 0.6 is 23.2 Å². The van der Waals surface area contributed by atoms with E-state index in [1.165, 1.54) is 4.90 Å². The molecule has 1 saturated carbocycles. The van der Waals surface area contributed by atoms with Gasteiger partial charge in [-0.1, -0.05) is 41.8 Å². The van der Waals surface area contributed by atoms with E-state index < -0.39 is 12.0 Å². The van der Waals surface area contributed by atoms with Crippen molar-refractivity contribution in [2.45, 2.75) is 32.2 Å². The van der Waals surface area contributed by atoms with Crippen LogP contribution in [0.2, 0.25) is 10.0 Å². The molecule has 4 rings (SSSR count). The number of esters is 1. The number of ether oxygens (including phenoxy) is 1. The molecule has 0 radical (unpaired) electrons. The maximum absolute atomic E-state index is 13.1. The van der Waals surface area contributed by atoms with Gasteiger partial charge in [0.25, 0.3) is 0 Å². The van der Waals surface area contributed by atoms with Crippen LogP contribution in [-0.2, 0) is 14.3 Å². The molecule has 2 fully saturated rings. The number of rotatable bonds is 6. The van der Waals surface area contributed by atoms with E-state index in [0.717, 1.165) is 19.3 Å². The Morgan fingerprint density at radius 1 is 1.15 bits per heavy atom. The maximum atomic E-state index is 13.1. The summed E-state index contributed by atoms with van der Waals surface area (Å²) in [4.78, 5) is 44.2. The monoisotopic (exact) mass is 508 g/mol. The Kier molecular flexibility index (Phi) is 7.70. The van der Waals surface area contributed by atoms with Crippen molar-refractivity contribution in [2.75, 3.05) is 46.4 Å². The Morgan fingerprint density at radius 3 is 2.47 bits per heavy atom. The highest BCUT2D eigenvalue weighted by Gasteiger charge is 2.39. The third kappa shape index (κ3) is 4.90. The molecule has 0 aromatic heterocycles. The Morgan fingerprint density at radius 2 is 1.85 bits per heavy atom. The zero-order valence-electron chi connectivity index (χ0n) is 19.5. The van der Waals surface area contributed by atoms with Crippen LogP contribution in [0.15, 0.2) is 29.5 Å². The SMILES string of the molecule is CCOC(=O)C1=C(CN2CCN(C(=O)C3CCC3)CC2)N(C)C(=O)N[C@@H]1c1cccc(Cl)c1Cl. The lowest BCUT2D eigenvalue weighted by atomic mass is 9.84. The lowest BCUT2D eigenvalue weighted by molar-refractivity contribution is -0.140. The smallest absolute Gasteiger partial charge is 0.338 e. The molecule has 0 unspecified atom stereocenters. The average Bonchev–Trinajstić information content (AvgIpc) is 2.78. The van der Waals surface area contributed by atoms with Gasteiger partial charge < -0.3 is 15.0 Å². The second-order valence-electron chi connectivity index (χ2n) is 8.89. The Balaban J connectivity index is 1.61. The predicted molar refractivity (Wildman–Crippen MR) is 130 cm³/mol. The third-order valence-electron chi connectivity index (χ3n) is 6.88. The van der Waals surface area contributed by atoms with Crippen LogP contribution in [-0.4, -0.2) is 79.0 Å². The normalized spacial score (nSPS) is 21.9. The molecular formula is C24H30Cl2N4O4. The van der Waals surface area contributed by atoms with Crippen LogP contribution in [0.25, 0.3) is 0 Å². The van der Waals surface area contributed by atoms with E-state index in [1.807, 2.05) is 4.90 Å². The lowest BCUT2D eigenvalue weighted by Gasteiger charge is -2.41. The van der Waals surface area contributed by atoms with E-state index in [4.69, 9.17) is 27.9 Å². The van der Waals surface area contributed by atoms with E-state index in [9.17, 15) is 14.4 Å². The van der Waals surface area contributed by atoms with Crippen molar-refractivity contribution >= 4 is 41.1 Å². The van der Waals surface area contributed by atoms with E-state index in [2.05, 4.69) is 10.2 Å². The molecule has 8 nitrogen and oxygen atoms in total. The maximum Gasteiger partial charge on any atom is 0.338 e. The number of halogens is 2. The van der Waals surface area contributed by atoms with Crippen molar-refractivity contribution in [2.24, 2.45) is 5.92 Å². The molecule has 1 aliphatic carbocycles. The summed E-state index contributed by atoms with van der Waals surface area (Å²) >= 11 is 12.7. The highest BCUT2D eigenvalue weighted by Crippen LogP contribution is 2.37. The van der Waals surface area contributed by atoms with Crippen LogP contribution in [0, 0.1) is 5.92 Å². The van der Waals surface area contributed by atoms with Gasteiger partial charge in [-0.2, -0.15) is 0 Å². The average molecular weight is 509 g/mol. The summed E-state index contributed by atoms with van der Waals surface area (Å²) in [7, 11) is 1.63. The summed E-state index contributed by atoms with van der Waals surface area (Å²) in [6.07, 6.45) is 3.11. The van der Waals surface area contributed by atoms with Crippen LogP contribution in [0.3, 0.4) is 0 Å². The number of nitrogens with one attached hydrogen (secondary N) is 1. The predicted octanol–water partition coefficient (Wildman–Crippen LogP) is 3.45. The van der Waals surface area contributed by atoms with Gasteiger partial charge in [0.05, 0.1) is 28.3 Å². The van der Waals surface area contributed by atoms with Gasteiger partial charge in [-0.05, 0) is 31.4 Å². The first-order valence-electron chi connectivity index (χ1n) is 11.7. The number of benzene rings is 1. The number of hydrogen-bond donors (Lipinski definition) is 1. The zero-order valence-corrected chi connectivity index (χ0v) is 21.0. The van der Waals surface area contributed by atoms with E-state index >= 15 is 0 Å². The van der Waals surface area contributed by atoms with Crippen molar-refractivity contribution in [3.05, 3.63) is 45.1 Å². The molecule has 3 amide bonds. The number of urea groups is 1. The van der Waals surface area contributed by atoms with Crippen molar-refractivity contribution in [3.8, 4) is 0 Å². The quantitative estimate of drug-likeness (QED) is 0.595. The van der Waals surface area contributed by atoms with Crippen LogP contribution in [0.5, 0.6) is 0 Å². The first-order chi connectivity index (χ1) is 16.3. The number of hydrogen-bond acceptors (Lipinski definition) is 5. The molecule has 1 aromatic rings. The summed E-state index contributed by atoms with van der Waals surface area (Å²) in [6.45, 7) is 4.91.